The molecule has 3 rings (SSSR count). The van der Waals surface area contributed by atoms with Crippen molar-refractivity contribution in [3.63, 3.8) is 0 Å². The Balaban J connectivity index is 1.80. The van der Waals surface area contributed by atoms with Gasteiger partial charge in [0, 0.05) is 30.2 Å². The van der Waals surface area contributed by atoms with E-state index in [-0.39, 0.29) is 5.56 Å². The largest absolute Gasteiger partial charge is 0.471 e. The monoisotopic (exact) mass is 293 g/mol. The zero-order valence-corrected chi connectivity index (χ0v) is 12.1. The zero-order chi connectivity index (χ0) is 15.4. The molecular weight excluding hydrogens is 278 g/mol. The topological polar surface area (TPSA) is 57.0 Å². The summed E-state index contributed by atoms with van der Waals surface area (Å²) in [5.41, 5.74) is 2.40. The van der Waals surface area contributed by atoms with Crippen LogP contribution in [0.15, 0.2) is 65.7 Å². The SMILES string of the molecule is Cc1cccc(COc2cc(-n3ccccc3=O)ccn2)n1. The summed E-state index contributed by atoms with van der Waals surface area (Å²) < 4.78 is 7.20. The van der Waals surface area contributed by atoms with Crippen molar-refractivity contribution in [3.05, 3.63) is 82.7 Å². The van der Waals surface area contributed by atoms with Crippen LogP contribution >= 0.6 is 0 Å². The Labute approximate surface area is 127 Å². The third-order valence-corrected chi connectivity index (χ3v) is 3.13. The Morgan fingerprint density at radius 3 is 2.86 bits per heavy atom. The predicted molar refractivity (Wildman–Crippen MR) is 83.1 cm³/mol. The molecule has 0 aromatic carbocycles. The molecule has 0 radical (unpaired) electrons. The van der Waals surface area contributed by atoms with Gasteiger partial charge in [0.15, 0.2) is 0 Å². The predicted octanol–water partition coefficient (Wildman–Crippen LogP) is 2.51. The van der Waals surface area contributed by atoms with E-state index in [1.54, 1.807) is 41.2 Å². The third-order valence-electron chi connectivity index (χ3n) is 3.13. The second kappa shape index (κ2) is 6.22. The fourth-order valence-corrected chi connectivity index (χ4v) is 2.10. The van der Waals surface area contributed by atoms with Gasteiger partial charge in [-0.2, -0.15) is 0 Å². The fourth-order valence-electron chi connectivity index (χ4n) is 2.10. The van der Waals surface area contributed by atoms with Crippen LogP contribution < -0.4 is 10.3 Å². The maximum absolute atomic E-state index is 11.8. The molecule has 0 aliphatic rings. The van der Waals surface area contributed by atoms with Gasteiger partial charge >= 0.3 is 0 Å². The second-order valence-corrected chi connectivity index (χ2v) is 4.82. The first-order valence-corrected chi connectivity index (χ1v) is 6.92. The van der Waals surface area contributed by atoms with Crippen LogP contribution in [0.1, 0.15) is 11.4 Å². The van der Waals surface area contributed by atoms with E-state index in [4.69, 9.17) is 4.74 Å². The maximum Gasteiger partial charge on any atom is 0.255 e. The molecule has 3 aromatic rings. The van der Waals surface area contributed by atoms with Gasteiger partial charge in [-0.05, 0) is 31.2 Å². The molecule has 0 atom stereocenters. The number of nitrogens with zero attached hydrogens (tertiary/aromatic N) is 3. The van der Waals surface area contributed by atoms with Crippen LogP contribution in [0, 0.1) is 6.92 Å². The number of aryl methyl sites for hydroxylation is 1. The Bertz CT molecular complexity index is 843. The van der Waals surface area contributed by atoms with Crippen molar-refractivity contribution in [1.29, 1.82) is 0 Å². The fraction of sp³-hybridized carbons (Fsp3) is 0.118. The van der Waals surface area contributed by atoms with Crippen LogP contribution in [-0.4, -0.2) is 14.5 Å². The summed E-state index contributed by atoms with van der Waals surface area (Å²) in [6, 6.07) is 14.3. The first-order chi connectivity index (χ1) is 10.7. The Kier molecular flexibility index (Phi) is 3.96. The maximum atomic E-state index is 11.8. The molecule has 110 valence electrons. The van der Waals surface area contributed by atoms with Crippen LogP contribution in [-0.2, 0) is 6.61 Å². The van der Waals surface area contributed by atoms with Crippen LogP contribution in [0.5, 0.6) is 5.88 Å². The normalized spacial score (nSPS) is 10.4. The van der Waals surface area contributed by atoms with Crippen molar-refractivity contribution in [3.8, 4) is 11.6 Å². The molecule has 3 heterocycles. The van der Waals surface area contributed by atoms with E-state index in [1.807, 2.05) is 25.1 Å². The zero-order valence-electron chi connectivity index (χ0n) is 12.1. The van der Waals surface area contributed by atoms with Gasteiger partial charge in [0.1, 0.15) is 6.61 Å². The smallest absolute Gasteiger partial charge is 0.255 e. The highest BCUT2D eigenvalue weighted by molar-refractivity contribution is 5.34. The molecule has 3 aromatic heterocycles. The lowest BCUT2D eigenvalue weighted by Gasteiger charge is -2.08. The summed E-state index contributed by atoms with van der Waals surface area (Å²) in [5.74, 6) is 0.455. The van der Waals surface area contributed by atoms with E-state index in [1.165, 1.54) is 6.07 Å². The van der Waals surface area contributed by atoms with Crippen molar-refractivity contribution in [2.24, 2.45) is 0 Å². The van der Waals surface area contributed by atoms with Gasteiger partial charge < -0.3 is 4.74 Å². The average Bonchev–Trinajstić information content (AvgIpc) is 2.54. The third kappa shape index (κ3) is 3.20. The lowest BCUT2D eigenvalue weighted by Crippen LogP contribution is -2.15. The summed E-state index contributed by atoms with van der Waals surface area (Å²) in [6.45, 7) is 2.27. The second-order valence-electron chi connectivity index (χ2n) is 4.82. The summed E-state index contributed by atoms with van der Waals surface area (Å²) in [6.07, 6.45) is 3.33. The van der Waals surface area contributed by atoms with Crippen molar-refractivity contribution in [2.75, 3.05) is 0 Å². The van der Waals surface area contributed by atoms with E-state index < -0.39 is 0 Å². The lowest BCUT2D eigenvalue weighted by molar-refractivity contribution is 0.289. The minimum absolute atomic E-state index is 0.0972. The van der Waals surface area contributed by atoms with Gasteiger partial charge in [-0.25, -0.2) is 4.98 Å². The van der Waals surface area contributed by atoms with Gasteiger partial charge in [-0.3, -0.25) is 14.3 Å². The number of hydrogen-bond acceptors (Lipinski definition) is 4. The molecule has 0 saturated carbocycles. The quantitative estimate of drug-likeness (QED) is 0.741. The molecule has 0 bridgehead atoms. The standard InChI is InChI=1S/C17H15N3O2/c1-13-5-4-6-14(19-13)12-22-16-11-15(8-9-18-16)20-10-3-2-7-17(20)21/h2-11H,12H2,1H3. The minimum Gasteiger partial charge on any atom is -0.471 e. The molecule has 0 saturated heterocycles. The molecule has 0 aliphatic carbocycles. The number of aromatic nitrogens is 3. The lowest BCUT2D eigenvalue weighted by atomic mass is 10.3. The van der Waals surface area contributed by atoms with Crippen LogP contribution in [0.25, 0.3) is 5.69 Å². The molecule has 22 heavy (non-hydrogen) atoms. The summed E-state index contributed by atoms with van der Waals surface area (Å²) in [4.78, 5) is 20.4. The van der Waals surface area contributed by atoms with Gasteiger partial charge in [-0.1, -0.05) is 12.1 Å². The molecule has 0 N–H and O–H groups in total. The highest BCUT2D eigenvalue weighted by Crippen LogP contribution is 2.13. The Hall–Kier alpha value is -2.95. The molecule has 0 spiro atoms. The summed E-state index contributed by atoms with van der Waals surface area (Å²) in [5, 5.41) is 0. The van der Waals surface area contributed by atoms with E-state index >= 15 is 0 Å². The van der Waals surface area contributed by atoms with E-state index in [0.717, 1.165) is 11.4 Å². The average molecular weight is 293 g/mol. The van der Waals surface area contributed by atoms with Crippen molar-refractivity contribution < 1.29 is 4.74 Å². The van der Waals surface area contributed by atoms with Gasteiger partial charge in [0.25, 0.3) is 5.56 Å². The summed E-state index contributed by atoms with van der Waals surface area (Å²) >= 11 is 0. The Morgan fingerprint density at radius 1 is 1.14 bits per heavy atom. The van der Waals surface area contributed by atoms with Crippen molar-refractivity contribution in [2.45, 2.75) is 13.5 Å². The molecule has 5 heteroatoms. The molecule has 5 nitrogen and oxygen atoms in total. The molecule has 0 amide bonds. The van der Waals surface area contributed by atoms with Crippen LogP contribution in [0.4, 0.5) is 0 Å². The molecule has 0 aliphatic heterocycles. The molecule has 0 fully saturated rings. The number of ether oxygens (including phenoxy) is 1. The molecule has 0 unspecified atom stereocenters. The van der Waals surface area contributed by atoms with Crippen molar-refractivity contribution >= 4 is 0 Å². The van der Waals surface area contributed by atoms with Crippen LogP contribution in [0.3, 0.4) is 0 Å². The van der Waals surface area contributed by atoms with E-state index in [2.05, 4.69) is 9.97 Å². The van der Waals surface area contributed by atoms with E-state index in [9.17, 15) is 4.79 Å². The highest BCUT2D eigenvalue weighted by Gasteiger charge is 2.03. The Morgan fingerprint density at radius 2 is 2.05 bits per heavy atom. The van der Waals surface area contributed by atoms with Gasteiger partial charge in [0.2, 0.25) is 5.88 Å². The number of pyridine rings is 3. The van der Waals surface area contributed by atoms with Gasteiger partial charge in [-0.15, -0.1) is 0 Å². The van der Waals surface area contributed by atoms with Crippen molar-refractivity contribution in [1.82, 2.24) is 14.5 Å². The van der Waals surface area contributed by atoms with Crippen LogP contribution in [0.2, 0.25) is 0 Å². The number of hydrogen-bond donors (Lipinski definition) is 0. The summed E-state index contributed by atoms with van der Waals surface area (Å²) in [7, 11) is 0. The van der Waals surface area contributed by atoms with Gasteiger partial charge in [0.05, 0.1) is 11.4 Å². The highest BCUT2D eigenvalue weighted by atomic mass is 16.5. The molecular formula is C17H15N3O2. The minimum atomic E-state index is -0.0972. The first kappa shape index (κ1) is 14.0. The first-order valence-electron chi connectivity index (χ1n) is 6.92. The number of rotatable bonds is 4. The van der Waals surface area contributed by atoms with E-state index in [0.29, 0.717) is 18.2 Å².